The first-order valence-electron chi connectivity index (χ1n) is 6.80. The number of rotatable bonds is 3. The van der Waals surface area contributed by atoms with Crippen LogP contribution in [0.3, 0.4) is 0 Å². The van der Waals surface area contributed by atoms with E-state index in [2.05, 4.69) is 27.8 Å². The largest absolute Gasteiger partial charge is 0.507 e. The van der Waals surface area contributed by atoms with Crippen LogP contribution in [0.1, 0.15) is 37.3 Å². The summed E-state index contributed by atoms with van der Waals surface area (Å²) in [6, 6.07) is 4.00. The van der Waals surface area contributed by atoms with Crippen LogP contribution >= 0.6 is 15.9 Å². The van der Waals surface area contributed by atoms with Crippen LogP contribution in [0.5, 0.6) is 5.75 Å². The molecule has 1 unspecified atom stereocenters. The Hall–Kier alpha value is -0.540. The summed E-state index contributed by atoms with van der Waals surface area (Å²) in [6.45, 7) is 7.41. The smallest absolute Gasteiger partial charge is 0.123 e. The van der Waals surface area contributed by atoms with Crippen molar-refractivity contribution >= 4 is 15.9 Å². The zero-order valence-electron chi connectivity index (χ0n) is 11.2. The molecular formula is C15H22BrNO. The Kier molecular flexibility index (Phi) is 4.68. The van der Waals surface area contributed by atoms with Gasteiger partial charge in [-0.3, -0.25) is 4.90 Å². The van der Waals surface area contributed by atoms with Crippen molar-refractivity contribution in [2.45, 2.75) is 39.7 Å². The lowest BCUT2D eigenvalue weighted by atomic mass is 9.95. The average molecular weight is 312 g/mol. The number of aromatic hydroxyl groups is 1. The lowest BCUT2D eigenvalue weighted by molar-refractivity contribution is 0.163. The fourth-order valence-electron chi connectivity index (χ4n) is 2.79. The van der Waals surface area contributed by atoms with Crippen molar-refractivity contribution in [2.75, 3.05) is 13.1 Å². The van der Waals surface area contributed by atoms with Crippen LogP contribution in [0.15, 0.2) is 16.6 Å². The Labute approximate surface area is 118 Å². The topological polar surface area (TPSA) is 23.5 Å². The lowest BCUT2D eigenvalue weighted by Crippen LogP contribution is -2.34. The van der Waals surface area contributed by atoms with Crippen molar-refractivity contribution in [1.82, 2.24) is 4.90 Å². The van der Waals surface area contributed by atoms with E-state index in [-0.39, 0.29) is 0 Å². The molecular weight excluding hydrogens is 290 g/mol. The minimum absolute atomic E-state index is 0.455. The van der Waals surface area contributed by atoms with E-state index in [1.807, 2.05) is 19.1 Å². The van der Waals surface area contributed by atoms with Crippen molar-refractivity contribution in [3.8, 4) is 5.75 Å². The van der Waals surface area contributed by atoms with Crippen molar-refractivity contribution in [3.63, 3.8) is 0 Å². The molecule has 0 radical (unpaired) electrons. The number of benzene rings is 1. The van der Waals surface area contributed by atoms with E-state index in [1.165, 1.54) is 25.8 Å². The quantitative estimate of drug-likeness (QED) is 0.909. The molecule has 0 aromatic heterocycles. The second-order valence-corrected chi connectivity index (χ2v) is 6.30. The van der Waals surface area contributed by atoms with Crippen LogP contribution in [-0.2, 0) is 6.54 Å². The molecule has 1 heterocycles. The maximum atomic E-state index is 10.1. The van der Waals surface area contributed by atoms with Crippen LogP contribution in [-0.4, -0.2) is 23.1 Å². The number of aryl methyl sites for hydroxylation is 1. The maximum Gasteiger partial charge on any atom is 0.123 e. The zero-order valence-corrected chi connectivity index (χ0v) is 12.8. The second kappa shape index (κ2) is 6.07. The summed E-state index contributed by atoms with van der Waals surface area (Å²) in [5.74, 6) is 1.28. The third-order valence-corrected chi connectivity index (χ3v) is 4.38. The molecule has 1 aromatic carbocycles. The summed E-state index contributed by atoms with van der Waals surface area (Å²) in [7, 11) is 0. The third-order valence-electron chi connectivity index (χ3n) is 3.92. The van der Waals surface area contributed by atoms with Gasteiger partial charge in [-0.15, -0.1) is 0 Å². The Bertz CT molecular complexity index is 419. The van der Waals surface area contributed by atoms with Crippen molar-refractivity contribution in [1.29, 1.82) is 0 Å². The number of halogens is 1. The Morgan fingerprint density at radius 3 is 2.94 bits per heavy atom. The van der Waals surface area contributed by atoms with Crippen LogP contribution < -0.4 is 0 Å². The molecule has 2 rings (SSSR count). The van der Waals surface area contributed by atoms with Gasteiger partial charge in [0, 0.05) is 23.1 Å². The van der Waals surface area contributed by atoms with Gasteiger partial charge >= 0.3 is 0 Å². The molecule has 3 heteroatoms. The molecule has 18 heavy (non-hydrogen) atoms. The van der Waals surface area contributed by atoms with E-state index < -0.39 is 0 Å². The van der Waals surface area contributed by atoms with E-state index in [0.717, 1.165) is 34.6 Å². The first-order valence-corrected chi connectivity index (χ1v) is 7.59. The second-order valence-electron chi connectivity index (χ2n) is 5.38. The molecule has 100 valence electrons. The predicted molar refractivity (Wildman–Crippen MR) is 78.8 cm³/mol. The summed E-state index contributed by atoms with van der Waals surface area (Å²) in [6.07, 6.45) is 3.91. The van der Waals surface area contributed by atoms with Crippen LogP contribution in [0.2, 0.25) is 0 Å². The fraction of sp³-hybridized carbons (Fsp3) is 0.600. The van der Waals surface area contributed by atoms with Gasteiger partial charge in [0.1, 0.15) is 5.75 Å². The Balaban J connectivity index is 2.09. The van der Waals surface area contributed by atoms with Gasteiger partial charge < -0.3 is 5.11 Å². The van der Waals surface area contributed by atoms with Crippen LogP contribution in [0, 0.1) is 12.8 Å². The molecule has 1 saturated heterocycles. The highest BCUT2D eigenvalue weighted by atomic mass is 79.9. The van der Waals surface area contributed by atoms with Gasteiger partial charge in [0.15, 0.2) is 0 Å². The summed E-state index contributed by atoms with van der Waals surface area (Å²) < 4.78 is 1.05. The van der Waals surface area contributed by atoms with Gasteiger partial charge in [-0.1, -0.05) is 29.3 Å². The summed E-state index contributed by atoms with van der Waals surface area (Å²) in [4.78, 5) is 2.47. The number of hydrogen-bond acceptors (Lipinski definition) is 2. The predicted octanol–water partition coefficient (Wildman–Crippen LogP) is 4.09. The number of phenolic OH excluding ortho intramolecular Hbond substituents is 1. The van der Waals surface area contributed by atoms with Gasteiger partial charge in [0.25, 0.3) is 0 Å². The standard InChI is InChI=1S/C15H22BrNO/c1-3-12-5-4-6-17(9-12)10-13-8-14(16)7-11(2)15(13)18/h7-8,12,18H,3-6,9-10H2,1-2H3. The number of phenols is 1. The molecule has 0 saturated carbocycles. The van der Waals surface area contributed by atoms with E-state index >= 15 is 0 Å². The van der Waals surface area contributed by atoms with Gasteiger partial charge in [-0.05, 0) is 49.9 Å². The summed E-state index contributed by atoms with van der Waals surface area (Å²) in [5, 5.41) is 10.1. The highest BCUT2D eigenvalue weighted by Gasteiger charge is 2.19. The molecule has 1 fully saturated rings. The summed E-state index contributed by atoms with van der Waals surface area (Å²) >= 11 is 3.51. The Morgan fingerprint density at radius 2 is 2.22 bits per heavy atom. The normalized spacial score (nSPS) is 21.2. The monoisotopic (exact) mass is 311 g/mol. The zero-order chi connectivity index (χ0) is 13.1. The van der Waals surface area contributed by atoms with Crippen LogP contribution in [0.4, 0.5) is 0 Å². The van der Waals surface area contributed by atoms with E-state index in [0.29, 0.717) is 5.75 Å². The minimum atomic E-state index is 0.455. The third kappa shape index (κ3) is 3.27. The van der Waals surface area contributed by atoms with Crippen molar-refractivity contribution < 1.29 is 5.11 Å². The summed E-state index contributed by atoms with van der Waals surface area (Å²) in [5.41, 5.74) is 1.99. The van der Waals surface area contributed by atoms with Gasteiger partial charge in [0.2, 0.25) is 0 Å². The van der Waals surface area contributed by atoms with Gasteiger partial charge in [-0.2, -0.15) is 0 Å². The molecule has 2 nitrogen and oxygen atoms in total. The highest BCUT2D eigenvalue weighted by molar-refractivity contribution is 9.10. The SMILES string of the molecule is CCC1CCCN(Cc2cc(Br)cc(C)c2O)C1. The highest BCUT2D eigenvalue weighted by Crippen LogP contribution is 2.29. The molecule has 0 bridgehead atoms. The molecule has 0 aliphatic carbocycles. The molecule has 0 spiro atoms. The molecule has 0 amide bonds. The van der Waals surface area contributed by atoms with E-state index in [1.54, 1.807) is 0 Å². The van der Waals surface area contributed by atoms with Gasteiger partial charge in [-0.25, -0.2) is 0 Å². The molecule has 1 aliphatic rings. The maximum absolute atomic E-state index is 10.1. The first-order chi connectivity index (χ1) is 8.60. The number of nitrogens with zero attached hydrogens (tertiary/aromatic N) is 1. The lowest BCUT2D eigenvalue weighted by Gasteiger charge is -2.32. The van der Waals surface area contributed by atoms with Gasteiger partial charge in [0.05, 0.1) is 0 Å². The first kappa shape index (κ1) is 13.9. The van der Waals surface area contributed by atoms with E-state index in [9.17, 15) is 5.11 Å². The number of hydrogen-bond donors (Lipinski definition) is 1. The number of piperidine rings is 1. The minimum Gasteiger partial charge on any atom is -0.507 e. The average Bonchev–Trinajstić information content (AvgIpc) is 2.35. The Morgan fingerprint density at radius 1 is 1.44 bits per heavy atom. The molecule has 1 N–H and O–H groups in total. The fourth-order valence-corrected chi connectivity index (χ4v) is 3.41. The molecule has 1 aliphatic heterocycles. The van der Waals surface area contributed by atoms with E-state index in [4.69, 9.17) is 0 Å². The molecule has 1 atom stereocenters. The van der Waals surface area contributed by atoms with Crippen molar-refractivity contribution in [3.05, 3.63) is 27.7 Å². The van der Waals surface area contributed by atoms with Crippen molar-refractivity contribution in [2.24, 2.45) is 5.92 Å². The molecule has 1 aromatic rings. The number of likely N-dealkylation sites (tertiary alicyclic amines) is 1. The van der Waals surface area contributed by atoms with Crippen LogP contribution in [0.25, 0.3) is 0 Å².